The van der Waals surface area contributed by atoms with Crippen LogP contribution in [0.15, 0.2) is 28.7 Å². The number of hydrogen-bond acceptors (Lipinski definition) is 1. The van der Waals surface area contributed by atoms with Crippen LogP contribution in [0.5, 0.6) is 0 Å². The molecule has 0 saturated heterocycles. The van der Waals surface area contributed by atoms with E-state index in [1.165, 1.54) is 0 Å². The Labute approximate surface area is 112 Å². The smallest absolute Gasteiger partial charge is 0.220 e. The van der Waals surface area contributed by atoms with Gasteiger partial charge in [-0.1, -0.05) is 48.3 Å². The van der Waals surface area contributed by atoms with Gasteiger partial charge in [0.2, 0.25) is 5.91 Å². The molecule has 1 N–H and O–H groups in total. The fourth-order valence-electron chi connectivity index (χ4n) is 1.62. The standard InChI is InChI=1S/C14H20BrNO/c1-4-10(2)8-14(17)16-11(3)12-6-5-7-13(15)9-12/h5-7,9-11H,4,8H2,1-3H3,(H,16,17). The first kappa shape index (κ1) is 14.2. The van der Waals surface area contributed by atoms with E-state index in [0.29, 0.717) is 12.3 Å². The second kappa shape index (κ2) is 6.80. The number of hydrogen-bond donors (Lipinski definition) is 1. The number of carbonyl (C=O) groups excluding carboxylic acids is 1. The van der Waals surface area contributed by atoms with Crippen LogP contribution in [0.1, 0.15) is 45.2 Å². The molecular weight excluding hydrogens is 278 g/mol. The molecule has 0 radical (unpaired) electrons. The maximum Gasteiger partial charge on any atom is 0.220 e. The van der Waals surface area contributed by atoms with E-state index in [1.54, 1.807) is 0 Å². The maximum atomic E-state index is 11.8. The van der Waals surface area contributed by atoms with E-state index in [0.717, 1.165) is 16.5 Å². The molecule has 2 unspecified atom stereocenters. The fraction of sp³-hybridized carbons (Fsp3) is 0.500. The molecule has 0 bridgehead atoms. The van der Waals surface area contributed by atoms with E-state index in [2.05, 4.69) is 35.1 Å². The average Bonchev–Trinajstić information content (AvgIpc) is 2.28. The summed E-state index contributed by atoms with van der Waals surface area (Å²) in [6.07, 6.45) is 1.65. The molecule has 1 aromatic rings. The van der Waals surface area contributed by atoms with Gasteiger partial charge in [0.15, 0.2) is 0 Å². The van der Waals surface area contributed by atoms with E-state index in [4.69, 9.17) is 0 Å². The van der Waals surface area contributed by atoms with Crippen LogP contribution in [0.25, 0.3) is 0 Å². The molecule has 0 spiro atoms. The number of nitrogens with one attached hydrogen (secondary N) is 1. The molecule has 0 heterocycles. The predicted octanol–water partition coefficient (Wildman–Crippen LogP) is 4.06. The third kappa shape index (κ3) is 4.90. The molecule has 1 amide bonds. The molecule has 0 fully saturated rings. The Morgan fingerprint density at radius 1 is 1.41 bits per heavy atom. The molecule has 2 nitrogen and oxygen atoms in total. The number of benzene rings is 1. The van der Waals surface area contributed by atoms with Crippen LogP contribution in [0.4, 0.5) is 0 Å². The molecule has 17 heavy (non-hydrogen) atoms. The number of amides is 1. The van der Waals surface area contributed by atoms with Crippen LogP contribution in [0.2, 0.25) is 0 Å². The summed E-state index contributed by atoms with van der Waals surface area (Å²) in [5.41, 5.74) is 1.12. The summed E-state index contributed by atoms with van der Waals surface area (Å²) in [7, 11) is 0. The van der Waals surface area contributed by atoms with Crippen LogP contribution >= 0.6 is 15.9 Å². The van der Waals surface area contributed by atoms with Gasteiger partial charge in [-0.15, -0.1) is 0 Å². The summed E-state index contributed by atoms with van der Waals surface area (Å²) in [6.45, 7) is 6.22. The molecule has 0 aliphatic rings. The molecule has 0 aliphatic heterocycles. The van der Waals surface area contributed by atoms with Crippen molar-refractivity contribution in [3.05, 3.63) is 34.3 Å². The Bertz CT molecular complexity index is 378. The van der Waals surface area contributed by atoms with Gasteiger partial charge in [0.05, 0.1) is 6.04 Å². The van der Waals surface area contributed by atoms with Crippen molar-refractivity contribution in [1.29, 1.82) is 0 Å². The topological polar surface area (TPSA) is 29.1 Å². The van der Waals surface area contributed by atoms with Crippen LogP contribution in [-0.4, -0.2) is 5.91 Å². The minimum atomic E-state index is 0.0593. The van der Waals surface area contributed by atoms with Gasteiger partial charge < -0.3 is 5.32 Å². The van der Waals surface area contributed by atoms with Crippen molar-refractivity contribution < 1.29 is 4.79 Å². The van der Waals surface area contributed by atoms with Crippen LogP contribution in [0.3, 0.4) is 0 Å². The van der Waals surface area contributed by atoms with Crippen molar-refractivity contribution in [3.63, 3.8) is 0 Å². The summed E-state index contributed by atoms with van der Waals surface area (Å²) < 4.78 is 1.04. The van der Waals surface area contributed by atoms with Crippen molar-refractivity contribution in [1.82, 2.24) is 5.32 Å². The average molecular weight is 298 g/mol. The minimum absolute atomic E-state index is 0.0593. The minimum Gasteiger partial charge on any atom is -0.350 e. The zero-order valence-corrected chi connectivity index (χ0v) is 12.3. The van der Waals surface area contributed by atoms with E-state index in [1.807, 2.05) is 31.2 Å². The molecule has 2 atom stereocenters. The molecule has 0 aliphatic carbocycles. The Balaban J connectivity index is 2.54. The van der Waals surface area contributed by atoms with Crippen LogP contribution in [-0.2, 0) is 4.79 Å². The summed E-state index contributed by atoms with van der Waals surface area (Å²) in [6, 6.07) is 8.09. The second-order valence-corrected chi connectivity index (χ2v) is 5.48. The summed E-state index contributed by atoms with van der Waals surface area (Å²) >= 11 is 3.44. The normalized spacial score (nSPS) is 14.1. The highest BCUT2D eigenvalue weighted by Gasteiger charge is 2.11. The van der Waals surface area contributed by atoms with E-state index >= 15 is 0 Å². The van der Waals surface area contributed by atoms with Crippen LogP contribution in [0, 0.1) is 5.92 Å². The Kier molecular flexibility index (Phi) is 5.69. The van der Waals surface area contributed by atoms with Crippen molar-refractivity contribution >= 4 is 21.8 Å². The lowest BCUT2D eigenvalue weighted by atomic mass is 10.0. The Morgan fingerprint density at radius 3 is 2.71 bits per heavy atom. The first-order valence-electron chi connectivity index (χ1n) is 6.07. The summed E-state index contributed by atoms with van der Waals surface area (Å²) in [4.78, 5) is 11.8. The lowest BCUT2D eigenvalue weighted by Crippen LogP contribution is -2.27. The highest BCUT2D eigenvalue weighted by atomic mass is 79.9. The maximum absolute atomic E-state index is 11.8. The molecule has 1 aromatic carbocycles. The van der Waals surface area contributed by atoms with E-state index in [9.17, 15) is 4.79 Å². The van der Waals surface area contributed by atoms with Crippen molar-refractivity contribution in [2.24, 2.45) is 5.92 Å². The van der Waals surface area contributed by atoms with Crippen molar-refractivity contribution in [3.8, 4) is 0 Å². The summed E-state index contributed by atoms with van der Waals surface area (Å²) in [5, 5.41) is 3.03. The van der Waals surface area contributed by atoms with Gasteiger partial charge in [-0.25, -0.2) is 0 Å². The molecule has 1 rings (SSSR count). The van der Waals surface area contributed by atoms with Gasteiger partial charge in [-0.05, 0) is 30.5 Å². The zero-order chi connectivity index (χ0) is 12.8. The van der Waals surface area contributed by atoms with Gasteiger partial charge in [0, 0.05) is 10.9 Å². The largest absolute Gasteiger partial charge is 0.350 e. The van der Waals surface area contributed by atoms with Crippen LogP contribution < -0.4 is 5.32 Å². The molecule has 94 valence electrons. The Hall–Kier alpha value is -0.830. The van der Waals surface area contributed by atoms with E-state index in [-0.39, 0.29) is 11.9 Å². The molecule has 0 saturated carbocycles. The number of carbonyl (C=O) groups is 1. The predicted molar refractivity (Wildman–Crippen MR) is 74.8 cm³/mol. The van der Waals surface area contributed by atoms with Gasteiger partial charge in [0.25, 0.3) is 0 Å². The third-order valence-corrected chi connectivity index (χ3v) is 3.45. The van der Waals surface area contributed by atoms with Gasteiger partial charge in [-0.2, -0.15) is 0 Å². The quantitative estimate of drug-likeness (QED) is 0.872. The van der Waals surface area contributed by atoms with Gasteiger partial charge in [0.1, 0.15) is 0 Å². The first-order chi connectivity index (χ1) is 8.02. The highest BCUT2D eigenvalue weighted by Crippen LogP contribution is 2.18. The zero-order valence-electron chi connectivity index (χ0n) is 10.7. The lowest BCUT2D eigenvalue weighted by molar-refractivity contribution is -0.122. The van der Waals surface area contributed by atoms with E-state index < -0.39 is 0 Å². The van der Waals surface area contributed by atoms with Gasteiger partial charge in [-0.3, -0.25) is 4.79 Å². The molecule has 0 aromatic heterocycles. The van der Waals surface area contributed by atoms with Crippen molar-refractivity contribution in [2.75, 3.05) is 0 Å². The Morgan fingerprint density at radius 2 is 2.12 bits per heavy atom. The van der Waals surface area contributed by atoms with Crippen molar-refractivity contribution in [2.45, 2.75) is 39.7 Å². The molecular formula is C14H20BrNO. The fourth-order valence-corrected chi connectivity index (χ4v) is 2.04. The summed E-state index contributed by atoms with van der Waals surface area (Å²) in [5.74, 6) is 0.580. The first-order valence-corrected chi connectivity index (χ1v) is 6.87. The monoisotopic (exact) mass is 297 g/mol. The number of rotatable bonds is 5. The highest BCUT2D eigenvalue weighted by molar-refractivity contribution is 9.10. The SMILES string of the molecule is CCC(C)CC(=O)NC(C)c1cccc(Br)c1. The lowest BCUT2D eigenvalue weighted by Gasteiger charge is -2.16. The number of halogens is 1. The second-order valence-electron chi connectivity index (χ2n) is 4.56. The molecule has 3 heteroatoms. The van der Waals surface area contributed by atoms with Gasteiger partial charge >= 0.3 is 0 Å². The third-order valence-electron chi connectivity index (χ3n) is 2.96.